The second kappa shape index (κ2) is 6.61. The summed E-state index contributed by atoms with van der Waals surface area (Å²) in [6, 6.07) is 7.54. The van der Waals surface area contributed by atoms with Crippen molar-refractivity contribution in [2.45, 2.75) is 24.8 Å². The maximum absolute atomic E-state index is 12.2. The van der Waals surface area contributed by atoms with Crippen LogP contribution in [0.5, 0.6) is 5.75 Å². The first kappa shape index (κ1) is 14.7. The molecule has 1 aliphatic rings. The van der Waals surface area contributed by atoms with E-state index in [2.05, 4.69) is 5.32 Å². The lowest BCUT2D eigenvalue weighted by Gasteiger charge is -2.31. The van der Waals surface area contributed by atoms with Gasteiger partial charge in [0, 0.05) is 31.4 Å². The van der Waals surface area contributed by atoms with Crippen LogP contribution in [0.1, 0.15) is 19.3 Å². The number of hydrogen-bond donors (Lipinski definition) is 1. The van der Waals surface area contributed by atoms with Gasteiger partial charge in [0.05, 0.1) is 14.2 Å². The van der Waals surface area contributed by atoms with Crippen molar-refractivity contribution in [2.75, 3.05) is 32.8 Å². The van der Waals surface area contributed by atoms with E-state index >= 15 is 0 Å². The highest BCUT2D eigenvalue weighted by Crippen LogP contribution is 2.29. The van der Waals surface area contributed by atoms with Gasteiger partial charge in [-0.15, -0.1) is 0 Å². The number of rotatable bonds is 4. The number of nitrogens with one attached hydrogen (secondary N) is 1. The molecule has 0 bridgehead atoms. The first-order chi connectivity index (χ1) is 9.70. The highest BCUT2D eigenvalue weighted by Gasteiger charge is 2.40. The lowest BCUT2D eigenvalue weighted by Crippen LogP contribution is -2.47. The van der Waals surface area contributed by atoms with E-state index in [9.17, 15) is 4.79 Å². The molecule has 1 saturated heterocycles. The van der Waals surface area contributed by atoms with Gasteiger partial charge in [-0.05, 0) is 25.0 Å². The molecule has 1 aromatic carbocycles. The highest BCUT2D eigenvalue weighted by atomic mass is 16.5. The third kappa shape index (κ3) is 3.22. The largest absolute Gasteiger partial charge is 0.497 e. The van der Waals surface area contributed by atoms with Gasteiger partial charge in [-0.2, -0.15) is 0 Å². The molecular formula is C15H21NO4. The molecule has 0 amide bonds. The van der Waals surface area contributed by atoms with Crippen LogP contribution in [0, 0.1) is 0 Å². The van der Waals surface area contributed by atoms with Crippen LogP contribution in [0.25, 0.3) is 0 Å². The normalized spacial score (nSPS) is 22.7. The molecule has 1 heterocycles. The zero-order valence-corrected chi connectivity index (χ0v) is 12.0. The molecule has 0 radical (unpaired) electrons. The molecule has 1 aliphatic heterocycles. The lowest BCUT2D eigenvalue weighted by atomic mass is 9.90. The Morgan fingerprint density at radius 1 is 1.30 bits per heavy atom. The van der Waals surface area contributed by atoms with Crippen molar-refractivity contribution in [1.82, 2.24) is 0 Å². The van der Waals surface area contributed by atoms with E-state index in [1.807, 2.05) is 24.3 Å². The number of ether oxygens (including phenoxy) is 3. The first-order valence-electron chi connectivity index (χ1n) is 6.78. The summed E-state index contributed by atoms with van der Waals surface area (Å²) in [6.45, 7) is 1.23. The Kier molecular flexibility index (Phi) is 4.84. The van der Waals surface area contributed by atoms with Crippen LogP contribution < -0.4 is 10.1 Å². The van der Waals surface area contributed by atoms with Gasteiger partial charge < -0.3 is 19.5 Å². The average molecular weight is 279 g/mol. The molecule has 1 atom stereocenters. The summed E-state index contributed by atoms with van der Waals surface area (Å²) in [5.41, 5.74) is 0.120. The molecule has 0 aromatic heterocycles. The summed E-state index contributed by atoms with van der Waals surface area (Å²) in [7, 11) is 3.04. The van der Waals surface area contributed by atoms with E-state index in [0.717, 1.165) is 17.9 Å². The van der Waals surface area contributed by atoms with Gasteiger partial charge in [0.25, 0.3) is 0 Å². The van der Waals surface area contributed by atoms with Crippen molar-refractivity contribution in [2.24, 2.45) is 0 Å². The Balaban J connectivity index is 2.24. The maximum Gasteiger partial charge on any atom is 0.331 e. The smallest absolute Gasteiger partial charge is 0.331 e. The maximum atomic E-state index is 12.2. The summed E-state index contributed by atoms with van der Waals surface area (Å²) in [6.07, 6.45) is 2.11. The molecule has 5 nitrogen and oxygen atoms in total. The molecule has 0 aliphatic carbocycles. The average Bonchev–Trinajstić information content (AvgIpc) is 2.73. The van der Waals surface area contributed by atoms with Crippen molar-refractivity contribution >= 4 is 11.7 Å². The molecule has 1 fully saturated rings. The van der Waals surface area contributed by atoms with Crippen LogP contribution in [0.4, 0.5) is 5.69 Å². The van der Waals surface area contributed by atoms with Gasteiger partial charge in [-0.1, -0.05) is 6.07 Å². The number of esters is 1. The number of hydrogen-bond acceptors (Lipinski definition) is 5. The van der Waals surface area contributed by atoms with Gasteiger partial charge in [0.1, 0.15) is 11.3 Å². The second-order valence-electron chi connectivity index (χ2n) is 4.90. The number of benzene rings is 1. The SMILES string of the molecule is COC(=O)C1(Nc2cccc(OC)c2)CCCOCC1. The van der Waals surface area contributed by atoms with Gasteiger partial charge in [0.15, 0.2) is 0 Å². The highest BCUT2D eigenvalue weighted by molar-refractivity contribution is 5.84. The first-order valence-corrected chi connectivity index (χ1v) is 6.78. The van der Waals surface area contributed by atoms with Gasteiger partial charge in [0.2, 0.25) is 0 Å². The minimum Gasteiger partial charge on any atom is -0.497 e. The van der Waals surface area contributed by atoms with Crippen molar-refractivity contribution in [1.29, 1.82) is 0 Å². The molecular weight excluding hydrogens is 258 g/mol. The van der Waals surface area contributed by atoms with Crippen LogP contribution in [0.2, 0.25) is 0 Å². The number of methoxy groups -OCH3 is 2. The van der Waals surface area contributed by atoms with Crippen LogP contribution in [-0.4, -0.2) is 38.9 Å². The van der Waals surface area contributed by atoms with Crippen LogP contribution in [0.15, 0.2) is 24.3 Å². The fourth-order valence-electron chi connectivity index (χ4n) is 2.50. The van der Waals surface area contributed by atoms with E-state index < -0.39 is 5.54 Å². The monoisotopic (exact) mass is 279 g/mol. The fraction of sp³-hybridized carbons (Fsp3) is 0.533. The summed E-state index contributed by atoms with van der Waals surface area (Å²) >= 11 is 0. The minimum atomic E-state index is -0.725. The molecule has 20 heavy (non-hydrogen) atoms. The van der Waals surface area contributed by atoms with Crippen molar-refractivity contribution in [3.8, 4) is 5.75 Å². The fourth-order valence-corrected chi connectivity index (χ4v) is 2.50. The van der Waals surface area contributed by atoms with Gasteiger partial charge in [-0.3, -0.25) is 0 Å². The number of anilines is 1. The lowest BCUT2D eigenvalue weighted by molar-refractivity contribution is -0.146. The van der Waals surface area contributed by atoms with E-state index in [-0.39, 0.29) is 5.97 Å². The Labute approximate surface area is 119 Å². The van der Waals surface area contributed by atoms with Crippen LogP contribution >= 0.6 is 0 Å². The van der Waals surface area contributed by atoms with E-state index in [1.165, 1.54) is 7.11 Å². The Bertz CT molecular complexity index is 453. The Morgan fingerprint density at radius 2 is 2.15 bits per heavy atom. The van der Waals surface area contributed by atoms with Crippen molar-refractivity contribution in [3.05, 3.63) is 24.3 Å². The van der Waals surface area contributed by atoms with E-state index in [1.54, 1.807) is 7.11 Å². The molecule has 1 aromatic rings. The van der Waals surface area contributed by atoms with E-state index in [0.29, 0.717) is 26.1 Å². The molecule has 1 unspecified atom stereocenters. The predicted octanol–water partition coefficient (Wildman–Crippen LogP) is 2.22. The molecule has 110 valence electrons. The standard InChI is InChI=1S/C15H21NO4/c1-18-13-6-3-5-12(11-13)16-15(14(17)19-2)7-4-9-20-10-8-15/h3,5-6,11,16H,4,7-10H2,1-2H3. The van der Waals surface area contributed by atoms with Gasteiger partial charge >= 0.3 is 5.97 Å². The Morgan fingerprint density at radius 3 is 2.90 bits per heavy atom. The number of carbonyl (C=O) groups is 1. The zero-order valence-electron chi connectivity index (χ0n) is 12.0. The third-order valence-corrected chi connectivity index (χ3v) is 3.59. The van der Waals surface area contributed by atoms with Crippen molar-refractivity contribution < 1.29 is 19.0 Å². The van der Waals surface area contributed by atoms with E-state index in [4.69, 9.17) is 14.2 Å². The summed E-state index contributed by atoms with van der Waals surface area (Å²) in [5, 5.41) is 3.33. The molecule has 0 saturated carbocycles. The summed E-state index contributed by atoms with van der Waals surface area (Å²) in [5.74, 6) is 0.505. The molecule has 1 N–H and O–H groups in total. The number of carbonyl (C=O) groups excluding carboxylic acids is 1. The van der Waals surface area contributed by atoms with Crippen LogP contribution in [0.3, 0.4) is 0 Å². The molecule has 5 heteroatoms. The summed E-state index contributed by atoms with van der Waals surface area (Å²) in [4.78, 5) is 12.2. The summed E-state index contributed by atoms with van der Waals surface area (Å²) < 4.78 is 15.7. The second-order valence-corrected chi connectivity index (χ2v) is 4.90. The topological polar surface area (TPSA) is 56.8 Å². The quantitative estimate of drug-likeness (QED) is 0.856. The van der Waals surface area contributed by atoms with Crippen molar-refractivity contribution in [3.63, 3.8) is 0 Å². The third-order valence-electron chi connectivity index (χ3n) is 3.59. The zero-order chi connectivity index (χ0) is 14.4. The predicted molar refractivity (Wildman–Crippen MR) is 76.0 cm³/mol. The minimum absolute atomic E-state index is 0.245. The van der Waals surface area contributed by atoms with Crippen LogP contribution in [-0.2, 0) is 14.3 Å². The molecule has 0 spiro atoms. The van der Waals surface area contributed by atoms with Gasteiger partial charge in [-0.25, -0.2) is 4.79 Å². The molecule has 2 rings (SSSR count). The Hall–Kier alpha value is -1.75.